The van der Waals surface area contributed by atoms with Gasteiger partial charge in [0.2, 0.25) is 15.9 Å². The second-order valence-electron chi connectivity index (χ2n) is 7.61. The van der Waals surface area contributed by atoms with E-state index in [1.807, 2.05) is 57.3 Å². The largest absolute Gasteiger partial charge is 0.341 e. The van der Waals surface area contributed by atoms with Crippen LogP contribution in [0.2, 0.25) is 0 Å². The molecule has 0 bridgehead atoms. The summed E-state index contributed by atoms with van der Waals surface area (Å²) in [5.41, 5.74) is 3.33. The van der Waals surface area contributed by atoms with Gasteiger partial charge in [0.1, 0.15) is 0 Å². The van der Waals surface area contributed by atoms with Gasteiger partial charge in [0.15, 0.2) is 0 Å². The minimum absolute atomic E-state index is 0.0932. The SMILES string of the molecule is Cc1ccc(S(=O)(=O)N2CCC(C(=O)N(C)Cc3ccccc3C)CC2)cc1. The summed E-state index contributed by atoms with van der Waals surface area (Å²) < 4.78 is 27.1. The molecule has 28 heavy (non-hydrogen) atoms. The van der Waals surface area contributed by atoms with Crippen LogP contribution in [0.5, 0.6) is 0 Å². The van der Waals surface area contributed by atoms with E-state index in [-0.39, 0.29) is 11.8 Å². The lowest BCUT2D eigenvalue weighted by Gasteiger charge is -2.32. The monoisotopic (exact) mass is 400 g/mol. The molecule has 0 spiro atoms. The van der Waals surface area contributed by atoms with Crippen LogP contribution in [0, 0.1) is 19.8 Å². The number of carbonyl (C=O) groups is 1. The van der Waals surface area contributed by atoms with E-state index in [0.717, 1.165) is 11.1 Å². The van der Waals surface area contributed by atoms with Crippen LogP contribution in [0.15, 0.2) is 53.4 Å². The Balaban J connectivity index is 1.60. The molecule has 1 fully saturated rings. The van der Waals surface area contributed by atoms with Crippen LogP contribution >= 0.6 is 0 Å². The number of nitrogens with zero attached hydrogens (tertiary/aromatic N) is 2. The number of sulfonamides is 1. The van der Waals surface area contributed by atoms with Crippen LogP contribution in [0.25, 0.3) is 0 Å². The molecule has 1 amide bonds. The van der Waals surface area contributed by atoms with Crippen molar-refractivity contribution in [2.75, 3.05) is 20.1 Å². The molecular formula is C22H28N2O3S. The zero-order chi connectivity index (χ0) is 20.3. The number of hydrogen-bond acceptors (Lipinski definition) is 3. The van der Waals surface area contributed by atoms with Crippen molar-refractivity contribution in [3.63, 3.8) is 0 Å². The summed E-state index contributed by atoms with van der Waals surface area (Å²) in [6.07, 6.45) is 1.12. The van der Waals surface area contributed by atoms with Crippen LogP contribution in [-0.4, -0.2) is 43.7 Å². The average molecular weight is 401 g/mol. The van der Waals surface area contributed by atoms with Crippen molar-refractivity contribution >= 4 is 15.9 Å². The number of hydrogen-bond donors (Lipinski definition) is 0. The number of aryl methyl sites for hydroxylation is 2. The molecule has 1 saturated heterocycles. The Morgan fingerprint density at radius 3 is 2.25 bits per heavy atom. The van der Waals surface area contributed by atoms with Crippen molar-refractivity contribution in [3.8, 4) is 0 Å². The first-order valence-corrected chi connectivity index (χ1v) is 11.1. The summed E-state index contributed by atoms with van der Waals surface area (Å²) in [5, 5.41) is 0. The van der Waals surface area contributed by atoms with Gasteiger partial charge in [0.25, 0.3) is 0 Å². The third-order valence-electron chi connectivity index (χ3n) is 5.51. The Kier molecular flexibility index (Phi) is 6.20. The van der Waals surface area contributed by atoms with Crippen LogP contribution in [0.1, 0.15) is 29.5 Å². The number of piperidine rings is 1. The molecule has 3 rings (SSSR count). The summed E-state index contributed by atoms with van der Waals surface area (Å²) in [6.45, 7) is 5.31. The predicted molar refractivity (Wildman–Crippen MR) is 110 cm³/mol. The number of rotatable bonds is 5. The fourth-order valence-corrected chi connectivity index (χ4v) is 5.10. The Labute approximate surface area is 168 Å². The molecule has 0 atom stereocenters. The fraction of sp³-hybridized carbons (Fsp3) is 0.409. The number of benzene rings is 2. The molecule has 2 aromatic rings. The highest BCUT2D eigenvalue weighted by atomic mass is 32.2. The smallest absolute Gasteiger partial charge is 0.243 e. The van der Waals surface area contributed by atoms with Crippen LogP contribution in [0.4, 0.5) is 0 Å². The Bertz CT molecular complexity index is 931. The molecule has 0 aliphatic carbocycles. The van der Waals surface area contributed by atoms with Crippen LogP contribution in [0.3, 0.4) is 0 Å². The minimum atomic E-state index is -3.49. The molecule has 1 aliphatic rings. The first kappa shape index (κ1) is 20.6. The summed E-state index contributed by atoms with van der Waals surface area (Å²) in [7, 11) is -1.67. The van der Waals surface area contributed by atoms with Crippen LogP contribution < -0.4 is 0 Å². The van der Waals surface area contributed by atoms with E-state index >= 15 is 0 Å². The fourth-order valence-electron chi connectivity index (χ4n) is 3.64. The molecule has 0 radical (unpaired) electrons. The van der Waals surface area contributed by atoms with E-state index < -0.39 is 10.0 Å². The summed E-state index contributed by atoms with van der Waals surface area (Å²) in [4.78, 5) is 14.9. The first-order valence-electron chi connectivity index (χ1n) is 9.65. The molecule has 1 aliphatic heterocycles. The second kappa shape index (κ2) is 8.45. The predicted octanol–water partition coefficient (Wildman–Crippen LogP) is 3.36. The quantitative estimate of drug-likeness (QED) is 0.773. The van der Waals surface area contributed by atoms with Gasteiger partial charge in [-0.3, -0.25) is 4.79 Å². The summed E-state index contributed by atoms with van der Waals surface area (Å²) >= 11 is 0. The van der Waals surface area contributed by atoms with Crippen molar-refractivity contribution in [2.24, 2.45) is 5.92 Å². The van der Waals surface area contributed by atoms with Gasteiger partial charge in [-0.25, -0.2) is 8.42 Å². The van der Waals surface area contributed by atoms with Gasteiger partial charge in [-0.1, -0.05) is 42.0 Å². The van der Waals surface area contributed by atoms with Crippen LogP contribution in [-0.2, 0) is 21.4 Å². The number of carbonyl (C=O) groups excluding carboxylic acids is 1. The first-order chi connectivity index (χ1) is 13.3. The van der Waals surface area contributed by atoms with Gasteiger partial charge in [-0.05, 0) is 49.9 Å². The zero-order valence-electron chi connectivity index (χ0n) is 16.8. The molecule has 0 N–H and O–H groups in total. The molecule has 5 nitrogen and oxygen atoms in total. The van der Waals surface area contributed by atoms with Crippen molar-refractivity contribution in [1.29, 1.82) is 0 Å². The molecule has 150 valence electrons. The topological polar surface area (TPSA) is 57.7 Å². The normalized spacial score (nSPS) is 16.1. The summed E-state index contributed by atoms with van der Waals surface area (Å²) in [6, 6.07) is 15.0. The zero-order valence-corrected chi connectivity index (χ0v) is 17.6. The van der Waals surface area contributed by atoms with Gasteiger partial charge in [0, 0.05) is 32.6 Å². The highest BCUT2D eigenvalue weighted by Gasteiger charge is 2.33. The maximum absolute atomic E-state index is 12.8. The van der Waals surface area contributed by atoms with Gasteiger partial charge < -0.3 is 4.90 Å². The minimum Gasteiger partial charge on any atom is -0.341 e. The lowest BCUT2D eigenvalue weighted by Crippen LogP contribution is -2.43. The Morgan fingerprint density at radius 1 is 1.04 bits per heavy atom. The van der Waals surface area contributed by atoms with E-state index in [4.69, 9.17) is 0 Å². The molecule has 6 heteroatoms. The Morgan fingerprint density at radius 2 is 1.64 bits per heavy atom. The average Bonchev–Trinajstić information content (AvgIpc) is 2.69. The molecule has 2 aromatic carbocycles. The lowest BCUT2D eigenvalue weighted by atomic mass is 9.96. The molecule has 0 aromatic heterocycles. The standard InChI is InChI=1S/C22H28N2O3S/c1-17-8-10-21(11-9-17)28(26,27)24-14-12-19(13-15-24)22(25)23(3)16-20-7-5-4-6-18(20)2/h4-11,19H,12-16H2,1-3H3. The van der Waals surface area contributed by atoms with E-state index in [1.165, 1.54) is 9.87 Å². The van der Waals surface area contributed by atoms with Crippen molar-refractivity contribution < 1.29 is 13.2 Å². The van der Waals surface area contributed by atoms with E-state index in [9.17, 15) is 13.2 Å². The molecule has 0 unspecified atom stereocenters. The van der Waals surface area contributed by atoms with E-state index in [2.05, 4.69) is 0 Å². The molecule has 0 saturated carbocycles. The van der Waals surface area contributed by atoms with Crippen molar-refractivity contribution in [1.82, 2.24) is 9.21 Å². The highest BCUT2D eigenvalue weighted by molar-refractivity contribution is 7.89. The van der Waals surface area contributed by atoms with Crippen molar-refractivity contribution in [3.05, 3.63) is 65.2 Å². The lowest BCUT2D eigenvalue weighted by molar-refractivity contribution is -0.135. The molecule has 1 heterocycles. The number of amides is 1. The maximum atomic E-state index is 12.8. The highest BCUT2D eigenvalue weighted by Crippen LogP contribution is 2.25. The van der Waals surface area contributed by atoms with Gasteiger partial charge in [-0.2, -0.15) is 4.31 Å². The van der Waals surface area contributed by atoms with Crippen molar-refractivity contribution in [2.45, 2.75) is 38.1 Å². The maximum Gasteiger partial charge on any atom is 0.243 e. The van der Waals surface area contributed by atoms with E-state index in [1.54, 1.807) is 17.0 Å². The third kappa shape index (κ3) is 4.45. The van der Waals surface area contributed by atoms with Gasteiger partial charge in [-0.15, -0.1) is 0 Å². The Hall–Kier alpha value is -2.18. The van der Waals surface area contributed by atoms with Gasteiger partial charge >= 0.3 is 0 Å². The van der Waals surface area contributed by atoms with E-state index in [0.29, 0.717) is 37.4 Å². The summed E-state index contributed by atoms with van der Waals surface area (Å²) in [5.74, 6) is -0.0332. The third-order valence-corrected chi connectivity index (χ3v) is 7.42. The van der Waals surface area contributed by atoms with Gasteiger partial charge in [0.05, 0.1) is 4.90 Å². The molecular weight excluding hydrogens is 372 g/mol. The second-order valence-corrected chi connectivity index (χ2v) is 9.55.